The molecule has 0 aliphatic carbocycles. The van der Waals surface area contributed by atoms with Crippen LogP contribution in [0.15, 0.2) is 24.3 Å². The monoisotopic (exact) mass is 272 g/mol. The van der Waals surface area contributed by atoms with Gasteiger partial charge in [0.25, 0.3) is 0 Å². The van der Waals surface area contributed by atoms with Crippen LogP contribution in [0.4, 0.5) is 18.9 Å². The third kappa shape index (κ3) is 5.62. The van der Waals surface area contributed by atoms with Crippen LogP contribution in [0, 0.1) is 11.3 Å². The lowest BCUT2D eigenvalue weighted by atomic mass is 10.2. The highest BCUT2D eigenvalue weighted by Gasteiger charge is 2.27. The third-order valence-corrected chi connectivity index (χ3v) is 2.48. The van der Waals surface area contributed by atoms with Gasteiger partial charge in [-0.25, -0.2) is 0 Å². The summed E-state index contributed by atoms with van der Waals surface area (Å²) in [6, 6.07) is 9.16. The van der Waals surface area contributed by atoms with Gasteiger partial charge in [-0.1, -0.05) is 12.1 Å². The number of nitrogens with zero attached hydrogens (tertiary/aromatic N) is 2. The summed E-state index contributed by atoms with van der Waals surface area (Å²) >= 11 is 0. The largest absolute Gasteiger partial charge is 0.411 e. The van der Waals surface area contributed by atoms with E-state index in [1.807, 2.05) is 11.0 Å². The summed E-state index contributed by atoms with van der Waals surface area (Å²) in [5.41, 5.74) is 1.31. The summed E-state index contributed by atoms with van der Waals surface area (Å²) in [5.74, 6) is 0. The van der Waals surface area contributed by atoms with Crippen LogP contribution in [0.1, 0.15) is 12.0 Å². The number of halogens is 3. The van der Waals surface area contributed by atoms with Crippen molar-refractivity contribution in [1.82, 2.24) is 0 Å². The molecule has 6 heteroatoms. The lowest BCUT2D eigenvalue weighted by Gasteiger charge is -2.20. The van der Waals surface area contributed by atoms with Gasteiger partial charge in [-0.3, -0.25) is 0 Å². The molecule has 0 N–H and O–H groups in total. The van der Waals surface area contributed by atoms with E-state index in [4.69, 9.17) is 5.26 Å². The zero-order valence-corrected chi connectivity index (χ0v) is 10.6. The molecule has 1 rings (SSSR count). The number of hydrogen-bond acceptors (Lipinski definition) is 3. The van der Waals surface area contributed by atoms with Crippen molar-refractivity contribution in [2.75, 3.05) is 31.7 Å². The average molecular weight is 272 g/mol. The van der Waals surface area contributed by atoms with Gasteiger partial charge in [0.15, 0.2) is 0 Å². The molecule has 3 nitrogen and oxygen atoms in total. The Hall–Kier alpha value is -1.74. The number of alkyl halides is 3. The van der Waals surface area contributed by atoms with Gasteiger partial charge in [-0.2, -0.15) is 18.4 Å². The first-order chi connectivity index (χ1) is 8.94. The highest BCUT2D eigenvalue weighted by molar-refractivity contribution is 5.58. The number of hydrogen-bond donors (Lipinski definition) is 0. The summed E-state index contributed by atoms with van der Waals surface area (Å²) in [6.45, 7) is -0.652. The summed E-state index contributed by atoms with van der Waals surface area (Å²) in [5, 5.41) is 8.94. The summed E-state index contributed by atoms with van der Waals surface area (Å²) in [4.78, 5) is 1.83. The molecule has 0 aliphatic rings. The molecule has 0 saturated carbocycles. The minimum Gasteiger partial charge on any atom is -0.373 e. The predicted molar refractivity (Wildman–Crippen MR) is 65.9 cm³/mol. The number of ether oxygens (including phenoxy) is 1. The van der Waals surface area contributed by atoms with Crippen LogP contribution in [0.3, 0.4) is 0 Å². The Labute approximate surface area is 110 Å². The summed E-state index contributed by atoms with van der Waals surface area (Å²) in [7, 11) is 1.79. The van der Waals surface area contributed by atoms with Gasteiger partial charge in [0, 0.05) is 20.2 Å². The Morgan fingerprint density at radius 1 is 1.32 bits per heavy atom. The number of anilines is 1. The van der Waals surface area contributed by atoms with E-state index >= 15 is 0 Å². The molecule has 0 amide bonds. The molecule has 0 radical (unpaired) electrons. The minimum absolute atomic E-state index is 0.0402. The maximum Gasteiger partial charge on any atom is 0.411 e. The highest BCUT2D eigenvalue weighted by atomic mass is 19.4. The van der Waals surface area contributed by atoms with E-state index in [1.165, 1.54) is 0 Å². The van der Waals surface area contributed by atoms with Gasteiger partial charge in [0.1, 0.15) is 12.7 Å². The molecule has 104 valence electrons. The first-order valence-corrected chi connectivity index (χ1v) is 5.79. The molecule has 0 unspecified atom stereocenters. The Bertz CT molecular complexity index is 440. The molecule has 0 atom stereocenters. The molecule has 0 aromatic heterocycles. The van der Waals surface area contributed by atoms with Crippen molar-refractivity contribution in [3.05, 3.63) is 29.8 Å². The first-order valence-electron chi connectivity index (χ1n) is 5.79. The Kier molecular flexibility index (Phi) is 5.64. The van der Waals surface area contributed by atoms with Crippen molar-refractivity contribution in [3.63, 3.8) is 0 Å². The van der Waals surface area contributed by atoms with E-state index in [0.29, 0.717) is 18.5 Å². The average Bonchev–Trinajstić information content (AvgIpc) is 2.36. The molecule has 0 aliphatic heterocycles. The van der Waals surface area contributed by atoms with Crippen LogP contribution < -0.4 is 4.90 Å². The standard InChI is InChI=1S/C13H15F3N2O/c1-18(7-4-8-19-10-13(14,15)16)12-6-3-2-5-11(12)9-17/h2-3,5-6H,4,7-8,10H2,1H3. The first kappa shape index (κ1) is 15.3. The fourth-order valence-corrected chi connectivity index (χ4v) is 1.61. The van der Waals surface area contributed by atoms with Crippen LogP contribution in [0.2, 0.25) is 0 Å². The van der Waals surface area contributed by atoms with Crippen LogP contribution in [0.5, 0.6) is 0 Å². The third-order valence-electron chi connectivity index (χ3n) is 2.48. The van der Waals surface area contributed by atoms with Crippen molar-refractivity contribution in [2.45, 2.75) is 12.6 Å². The molecule has 19 heavy (non-hydrogen) atoms. The maximum atomic E-state index is 11.8. The van der Waals surface area contributed by atoms with E-state index in [9.17, 15) is 13.2 Å². The van der Waals surface area contributed by atoms with E-state index in [-0.39, 0.29) is 6.61 Å². The Morgan fingerprint density at radius 2 is 2.00 bits per heavy atom. The number of para-hydroxylation sites is 1. The molecular weight excluding hydrogens is 257 g/mol. The van der Waals surface area contributed by atoms with Gasteiger partial charge >= 0.3 is 6.18 Å². The highest BCUT2D eigenvalue weighted by Crippen LogP contribution is 2.18. The lowest BCUT2D eigenvalue weighted by Crippen LogP contribution is -2.22. The fraction of sp³-hybridized carbons (Fsp3) is 0.462. The van der Waals surface area contributed by atoms with Gasteiger partial charge in [0.05, 0.1) is 11.3 Å². The number of rotatable bonds is 6. The molecule has 0 spiro atoms. The van der Waals surface area contributed by atoms with Crippen molar-refractivity contribution in [1.29, 1.82) is 5.26 Å². The van der Waals surface area contributed by atoms with Gasteiger partial charge in [0.2, 0.25) is 0 Å². The second-order valence-corrected chi connectivity index (χ2v) is 4.07. The molecule has 0 heterocycles. The Morgan fingerprint density at radius 3 is 2.63 bits per heavy atom. The summed E-state index contributed by atoms with van der Waals surface area (Å²) in [6.07, 6.45) is -3.81. The van der Waals surface area contributed by atoms with Crippen LogP contribution in [0.25, 0.3) is 0 Å². The molecule has 1 aromatic carbocycles. The van der Waals surface area contributed by atoms with Crippen molar-refractivity contribution in [3.8, 4) is 6.07 Å². The summed E-state index contributed by atoms with van der Waals surface area (Å²) < 4.78 is 40.0. The predicted octanol–water partition coefficient (Wildman–Crippen LogP) is 2.96. The van der Waals surface area contributed by atoms with Gasteiger partial charge in [-0.15, -0.1) is 0 Å². The zero-order chi connectivity index (χ0) is 14.3. The van der Waals surface area contributed by atoms with Gasteiger partial charge in [-0.05, 0) is 18.6 Å². The normalized spacial score (nSPS) is 11.1. The number of benzene rings is 1. The van der Waals surface area contributed by atoms with Crippen LogP contribution in [-0.4, -0.2) is 33.0 Å². The number of nitriles is 1. The van der Waals surface area contributed by atoms with Crippen molar-refractivity contribution in [2.24, 2.45) is 0 Å². The van der Waals surface area contributed by atoms with E-state index in [1.54, 1.807) is 25.2 Å². The second kappa shape index (κ2) is 7.00. The Balaban J connectivity index is 2.36. The van der Waals surface area contributed by atoms with Crippen LogP contribution >= 0.6 is 0 Å². The fourth-order valence-electron chi connectivity index (χ4n) is 1.61. The van der Waals surface area contributed by atoms with Gasteiger partial charge < -0.3 is 9.64 Å². The van der Waals surface area contributed by atoms with Crippen molar-refractivity contribution < 1.29 is 17.9 Å². The smallest absolute Gasteiger partial charge is 0.373 e. The second-order valence-electron chi connectivity index (χ2n) is 4.07. The SMILES string of the molecule is CN(CCCOCC(F)(F)F)c1ccccc1C#N. The van der Waals surface area contributed by atoms with Crippen LogP contribution in [-0.2, 0) is 4.74 Å². The zero-order valence-electron chi connectivity index (χ0n) is 10.6. The lowest BCUT2D eigenvalue weighted by molar-refractivity contribution is -0.173. The molecule has 0 fully saturated rings. The van der Waals surface area contributed by atoms with E-state index < -0.39 is 12.8 Å². The molecule has 0 saturated heterocycles. The molecule has 1 aromatic rings. The van der Waals surface area contributed by atoms with E-state index in [2.05, 4.69) is 10.8 Å². The van der Waals surface area contributed by atoms with Crippen molar-refractivity contribution >= 4 is 5.69 Å². The minimum atomic E-state index is -4.28. The topological polar surface area (TPSA) is 36.3 Å². The maximum absolute atomic E-state index is 11.8. The quantitative estimate of drug-likeness (QED) is 0.747. The van der Waals surface area contributed by atoms with E-state index in [0.717, 1.165) is 5.69 Å². The molecular formula is C13H15F3N2O. The molecule has 0 bridgehead atoms.